The van der Waals surface area contributed by atoms with Crippen molar-refractivity contribution in [1.29, 1.82) is 0 Å². The van der Waals surface area contributed by atoms with Crippen molar-refractivity contribution < 1.29 is 0 Å². The lowest BCUT2D eigenvalue weighted by atomic mass is 9.85. The first-order chi connectivity index (χ1) is 12.7. The molecule has 0 N–H and O–H groups in total. The molecule has 2 saturated heterocycles. The van der Waals surface area contributed by atoms with Gasteiger partial charge < -0.3 is 9.80 Å². The minimum atomic E-state index is 0.594. The molecule has 2 aromatic rings. The number of anilines is 2. The number of aromatic nitrogens is 4. The average molecular weight is 350 g/mol. The summed E-state index contributed by atoms with van der Waals surface area (Å²) in [7, 11) is 0. The lowest BCUT2D eigenvalue weighted by Gasteiger charge is -2.26. The molecule has 0 spiro atoms. The van der Waals surface area contributed by atoms with Gasteiger partial charge in [-0.1, -0.05) is 6.42 Å². The second kappa shape index (κ2) is 6.18. The van der Waals surface area contributed by atoms with E-state index in [9.17, 15) is 0 Å². The van der Waals surface area contributed by atoms with Gasteiger partial charge in [-0.3, -0.25) is 0 Å². The first-order valence-electron chi connectivity index (χ1n) is 9.80. The van der Waals surface area contributed by atoms with Gasteiger partial charge in [-0.2, -0.15) is 0 Å². The summed E-state index contributed by atoms with van der Waals surface area (Å²) in [6, 6.07) is 2.08. The van der Waals surface area contributed by atoms with Crippen molar-refractivity contribution in [2.75, 3.05) is 36.0 Å². The molecule has 3 fully saturated rings. The highest BCUT2D eigenvalue weighted by molar-refractivity contribution is 5.50. The van der Waals surface area contributed by atoms with E-state index in [0.29, 0.717) is 17.8 Å². The van der Waals surface area contributed by atoms with Gasteiger partial charge in [0.05, 0.1) is 0 Å². The van der Waals surface area contributed by atoms with E-state index in [4.69, 9.17) is 4.98 Å². The molecular formula is C20H26N6. The molecule has 6 heteroatoms. The maximum absolute atomic E-state index is 4.89. The summed E-state index contributed by atoms with van der Waals surface area (Å²) in [6.07, 6.45) is 7.47. The quantitative estimate of drug-likeness (QED) is 0.848. The van der Waals surface area contributed by atoms with Crippen molar-refractivity contribution in [1.82, 2.24) is 19.9 Å². The van der Waals surface area contributed by atoms with Crippen LogP contribution in [0.4, 0.5) is 11.6 Å². The van der Waals surface area contributed by atoms with Crippen molar-refractivity contribution in [3.63, 3.8) is 0 Å². The van der Waals surface area contributed by atoms with E-state index in [1.165, 1.54) is 24.8 Å². The molecule has 4 heterocycles. The lowest BCUT2D eigenvalue weighted by Crippen LogP contribution is -2.30. The molecule has 26 heavy (non-hydrogen) atoms. The second-order valence-corrected chi connectivity index (χ2v) is 8.14. The molecule has 0 aromatic carbocycles. The van der Waals surface area contributed by atoms with Crippen LogP contribution in [0, 0.1) is 25.7 Å². The monoisotopic (exact) mass is 350 g/mol. The Bertz CT molecular complexity index is 804. The lowest BCUT2D eigenvalue weighted by molar-refractivity contribution is 0.401. The molecule has 6 nitrogen and oxygen atoms in total. The van der Waals surface area contributed by atoms with Gasteiger partial charge in [0.1, 0.15) is 23.8 Å². The van der Waals surface area contributed by atoms with E-state index in [1.807, 2.05) is 6.20 Å². The van der Waals surface area contributed by atoms with Crippen molar-refractivity contribution in [3.8, 4) is 0 Å². The topological polar surface area (TPSA) is 58.0 Å². The highest BCUT2D eigenvalue weighted by Gasteiger charge is 2.41. The van der Waals surface area contributed by atoms with Gasteiger partial charge in [-0.15, -0.1) is 0 Å². The van der Waals surface area contributed by atoms with E-state index < -0.39 is 0 Å². The Kier molecular flexibility index (Phi) is 3.80. The molecule has 2 aromatic heterocycles. The number of hydrogen-bond donors (Lipinski definition) is 0. The minimum absolute atomic E-state index is 0.594. The fraction of sp³-hybridized carbons (Fsp3) is 0.600. The summed E-state index contributed by atoms with van der Waals surface area (Å²) in [6.45, 7) is 8.54. The fourth-order valence-electron chi connectivity index (χ4n) is 4.60. The third-order valence-corrected chi connectivity index (χ3v) is 6.55. The van der Waals surface area contributed by atoms with E-state index in [1.54, 1.807) is 6.33 Å². The first-order valence-corrected chi connectivity index (χ1v) is 9.80. The first kappa shape index (κ1) is 16.0. The predicted molar refractivity (Wildman–Crippen MR) is 102 cm³/mol. The van der Waals surface area contributed by atoms with Crippen molar-refractivity contribution in [2.24, 2.45) is 11.8 Å². The highest BCUT2D eigenvalue weighted by Crippen LogP contribution is 2.38. The zero-order chi connectivity index (χ0) is 17.7. The smallest absolute Gasteiger partial charge is 0.135 e. The maximum Gasteiger partial charge on any atom is 0.135 e. The van der Waals surface area contributed by atoms with Crippen LogP contribution in [0.2, 0.25) is 0 Å². The van der Waals surface area contributed by atoms with Gasteiger partial charge in [0.2, 0.25) is 0 Å². The second-order valence-electron chi connectivity index (χ2n) is 8.14. The number of rotatable bonds is 3. The summed E-state index contributed by atoms with van der Waals surface area (Å²) in [5.41, 5.74) is 2.29. The molecule has 2 aliphatic heterocycles. The standard InChI is InChI=1S/C20H26N6/c1-13-14(2)22-12-23-20(13)26-10-16-8-25(9-17(16)11-26)18-6-7-21-19(24-18)15-4-3-5-15/h6-7,12,15-17H,3-5,8-11H2,1-2H3. The van der Waals surface area contributed by atoms with Crippen molar-refractivity contribution >= 4 is 11.6 Å². The van der Waals surface area contributed by atoms with E-state index in [2.05, 4.69) is 44.7 Å². The average Bonchev–Trinajstić information content (AvgIpc) is 3.15. The maximum atomic E-state index is 4.89. The molecule has 0 bridgehead atoms. The molecule has 3 aliphatic rings. The Morgan fingerprint density at radius 3 is 2.35 bits per heavy atom. The van der Waals surface area contributed by atoms with Gasteiger partial charge in [0.25, 0.3) is 0 Å². The SMILES string of the molecule is Cc1ncnc(N2CC3CN(c4ccnc(C5CCC5)n4)CC3C2)c1C. The summed E-state index contributed by atoms with van der Waals surface area (Å²) in [5, 5.41) is 0. The van der Waals surface area contributed by atoms with Gasteiger partial charge >= 0.3 is 0 Å². The van der Waals surface area contributed by atoms with Crippen LogP contribution in [0.5, 0.6) is 0 Å². The molecule has 2 atom stereocenters. The van der Waals surface area contributed by atoms with E-state index in [0.717, 1.165) is 49.3 Å². The van der Waals surface area contributed by atoms with Crippen LogP contribution < -0.4 is 9.80 Å². The molecule has 0 radical (unpaired) electrons. The van der Waals surface area contributed by atoms with Crippen molar-refractivity contribution in [2.45, 2.75) is 39.0 Å². The van der Waals surface area contributed by atoms with Gasteiger partial charge in [0, 0.05) is 61.4 Å². The molecule has 1 aliphatic carbocycles. The van der Waals surface area contributed by atoms with Gasteiger partial charge in [-0.05, 0) is 32.8 Å². The molecule has 5 rings (SSSR count). The van der Waals surface area contributed by atoms with Gasteiger partial charge in [-0.25, -0.2) is 19.9 Å². The number of fused-ring (bicyclic) bond motifs is 1. The zero-order valence-corrected chi connectivity index (χ0v) is 15.6. The Balaban J connectivity index is 1.29. The highest BCUT2D eigenvalue weighted by atomic mass is 15.3. The summed E-state index contributed by atoms with van der Waals surface area (Å²) in [4.78, 5) is 23.2. The summed E-state index contributed by atoms with van der Waals surface area (Å²) in [5.74, 6) is 5.26. The van der Waals surface area contributed by atoms with Crippen LogP contribution in [0.15, 0.2) is 18.6 Å². The fourth-order valence-corrected chi connectivity index (χ4v) is 4.60. The molecule has 2 unspecified atom stereocenters. The zero-order valence-electron chi connectivity index (χ0n) is 15.6. The largest absolute Gasteiger partial charge is 0.356 e. The summed E-state index contributed by atoms with van der Waals surface area (Å²) >= 11 is 0. The normalized spacial score (nSPS) is 25.5. The Hall–Kier alpha value is -2.24. The Morgan fingerprint density at radius 2 is 1.65 bits per heavy atom. The number of aryl methyl sites for hydroxylation is 1. The van der Waals surface area contributed by atoms with Crippen LogP contribution in [0.1, 0.15) is 42.3 Å². The Labute approximate surface area is 154 Å². The van der Waals surface area contributed by atoms with Crippen LogP contribution >= 0.6 is 0 Å². The third-order valence-electron chi connectivity index (χ3n) is 6.55. The van der Waals surface area contributed by atoms with E-state index in [-0.39, 0.29) is 0 Å². The van der Waals surface area contributed by atoms with Crippen LogP contribution in [0.25, 0.3) is 0 Å². The minimum Gasteiger partial charge on any atom is -0.356 e. The number of nitrogens with zero attached hydrogens (tertiary/aromatic N) is 6. The summed E-state index contributed by atoms with van der Waals surface area (Å²) < 4.78 is 0. The Morgan fingerprint density at radius 1 is 0.923 bits per heavy atom. The molecule has 1 saturated carbocycles. The van der Waals surface area contributed by atoms with E-state index >= 15 is 0 Å². The number of hydrogen-bond acceptors (Lipinski definition) is 6. The van der Waals surface area contributed by atoms with Crippen LogP contribution in [-0.4, -0.2) is 46.1 Å². The predicted octanol–water partition coefficient (Wildman–Crippen LogP) is 2.72. The molecule has 136 valence electrons. The van der Waals surface area contributed by atoms with Crippen LogP contribution in [0.3, 0.4) is 0 Å². The molecular weight excluding hydrogens is 324 g/mol. The van der Waals surface area contributed by atoms with Gasteiger partial charge in [0.15, 0.2) is 0 Å². The molecule has 0 amide bonds. The van der Waals surface area contributed by atoms with Crippen LogP contribution in [-0.2, 0) is 0 Å². The third kappa shape index (κ3) is 2.63. The van der Waals surface area contributed by atoms with Crippen molar-refractivity contribution in [3.05, 3.63) is 35.7 Å².